The van der Waals surface area contributed by atoms with Crippen LogP contribution in [0.5, 0.6) is 0 Å². The van der Waals surface area contributed by atoms with Crippen molar-refractivity contribution in [2.24, 2.45) is 0 Å². The minimum Gasteiger partial charge on any atom is -0.263 e. The van der Waals surface area contributed by atoms with Crippen LogP contribution >= 0.6 is 11.6 Å². The van der Waals surface area contributed by atoms with Crippen LogP contribution < -0.4 is 0 Å². The summed E-state index contributed by atoms with van der Waals surface area (Å²) in [6.45, 7) is -2.88. The van der Waals surface area contributed by atoms with Crippen molar-refractivity contribution in [1.29, 1.82) is 0 Å². The number of hydrogen-bond acceptors (Lipinski definition) is 7. The van der Waals surface area contributed by atoms with Gasteiger partial charge in [0.2, 0.25) is 0 Å². The lowest BCUT2D eigenvalue weighted by molar-refractivity contribution is 0.0565. The summed E-state index contributed by atoms with van der Waals surface area (Å²) in [5.41, 5.74) is 2.67. The summed E-state index contributed by atoms with van der Waals surface area (Å²) in [6, 6.07) is 11.8. The first-order valence-electron chi connectivity index (χ1n) is 12.0. The van der Waals surface area contributed by atoms with Gasteiger partial charge in [0.05, 0.1) is 40.5 Å². The van der Waals surface area contributed by atoms with E-state index < -0.39 is 18.4 Å². The molecule has 0 bridgehead atoms. The number of tetrazole rings is 1. The molecule has 15 heteroatoms. The van der Waals surface area contributed by atoms with E-state index in [1.165, 1.54) is 47.8 Å². The Bertz CT molecular complexity index is 1780. The number of alkyl halides is 2. The quantitative estimate of drug-likeness (QED) is 0.224. The second kappa shape index (κ2) is 10.9. The predicted molar refractivity (Wildman–Crippen MR) is 138 cm³/mol. The normalized spacial score (nSPS) is 12.2. The molecule has 0 saturated carbocycles. The Hall–Kier alpha value is -4.98. The van der Waals surface area contributed by atoms with E-state index >= 15 is 4.39 Å². The molecular weight excluding hydrogens is 564 g/mol. The van der Waals surface area contributed by atoms with Gasteiger partial charge in [0, 0.05) is 35.5 Å². The van der Waals surface area contributed by atoms with Crippen LogP contribution in [0.1, 0.15) is 23.8 Å². The van der Waals surface area contributed by atoms with Gasteiger partial charge in [-0.25, -0.2) is 8.78 Å². The topological polar surface area (TPSA) is 105 Å². The molecule has 0 aliphatic heterocycles. The van der Waals surface area contributed by atoms with Crippen LogP contribution in [0.15, 0.2) is 79.6 Å². The van der Waals surface area contributed by atoms with Crippen LogP contribution in [0.3, 0.4) is 0 Å². The lowest BCUT2D eigenvalue weighted by Gasteiger charge is -2.18. The molecule has 41 heavy (non-hydrogen) atoms. The van der Waals surface area contributed by atoms with Gasteiger partial charge in [-0.2, -0.15) is 23.2 Å². The summed E-state index contributed by atoms with van der Waals surface area (Å²) in [4.78, 5) is 4.60. The number of benzene rings is 2. The van der Waals surface area contributed by atoms with E-state index in [0.29, 0.717) is 33.6 Å². The van der Waals surface area contributed by atoms with Crippen LogP contribution in [0.4, 0.5) is 17.6 Å². The smallest absolute Gasteiger partial charge is 0.263 e. The minimum atomic E-state index is -2.88. The molecule has 6 rings (SSSR count). The standard InChI is InChI=1S/C26H17ClF4N10/c27-19-6-8-21(40-14-34-36-38-40)24(25(19)29)16-3-7-20(32-10-16)22(9-15-1-4-18(28)5-2-15)39-13-17(11-35-39)23-12-33-37-41(23)26(30)31/h1-8,10-14,22,26H,9H2. The summed E-state index contributed by atoms with van der Waals surface area (Å²) >= 11 is 6.08. The van der Waals surface area contributed by atoms with Crippen LogP contribution in [0.25, 0.3) is 28.1 Å². The lowest BCUT2D eigenvalue weighted by Crippen LogP contribution is -2.16. The van der Waals surface area contributed by atoms with Crippen molar-refractivity contribution < 1.29 is 17.6 Å². The van der Waals surface area contributed by atoms with Crippen molar-refractivity contribution in [2.45, 2.75) is 19.0 Å². The predicted octanol–water partition coefficient (Wildman–Crippen LogP) is 5.34. The van der Waals surface area contributed by atoms with Crippen molar-refractivity contribution in [2.75, 3.05) is 0 Å². The Morgan fingerprint density at radius 2 is 1.68 bits per heavy atom. The molecule has 0 amide bonds. The molecule has 6 aromatic rings. The molecule has 4 heterocycles. The average Bonchev–Trinajstić information content (AvgIpc) is 3.76. The minimum absolute atomic E-state index is 0.0849. The zero-order valence-electron chi connectivity index (χ0n) is 20.7. The fourth-order valence-corrected chi connectivity index (χ4v) is 4.60. The average molecular weight is 581 g/mol. The highest BCUT2D eigenvalue weighted by atomic mass is 35.5. The van der Waals surface area contributed by atoms with Gasteiger partial charge in [-0.05, 0) is 46.3 Å². The third kappa shape index (κ3) is 5.16. The molecule has 0 spiro atoms. The lowest BCUT2D eigenvalue weighted by atomic mass is 10.0. The summed E-state index contributed by atoms with van der Waals surface area (Å²) in [5.74, 6) is -1.05. The molecule has 0 radical (unpaired) electrons. The maximum atomic E-state index is 15.3. The number of rotatable bonds is 8. The van der Waals surface area contributed by atoms with E-state index in [2.05, 4.69) is 35.9 Å². The van der Waals surface area contributed by atoms with Crippen molar-refractivity contribution in [3.05, 3.63) is 108 Å². The molecule has 0 aliphatic carbocycles. The summed E-state index contributed by atoms with van der Waals surface area (Å²) in [7, 11) is 0. The Kier molecular flexibility index (Phi) is 6.97. The molecule has 10 nitrogen and oxygen atoms in total. The molecule has 1 unspecified atom stereocenters. The molecular formula is C26H17ClF4N10. The van der Waals surface area contributed by atoms with E-state index in [1.54, 1.807) is 41.2 Å². The molecule has 0 fully saturated rings. The molecule has 2 aromatic carbocycles. The first-order valence-corrected chi connectivity index (χ1v) is 12.4. The first kappa shape index (κ1) is 26.3. The van der Waals surface area contributed by atoms with E-state index in [4.69, 9.17) is 11.6 Å². The van der Waals surface area contributed by atoms with E-state index in [9.17, 15) is 13.2 Å². The van der Waals surface area contributed by atoms with Gasteiger partial charge >= 0.3 is 6.55 Å². The van der Waals surface area contributed by atoms with Gasteiger partial charge in [-0.1, -0.05) is 35.0 Å². The first-order chi connectivity index (χ1) is 19.9. The molecule has 4 aromatic heterocycles. The Morgan fingerprint density at radius 1 is 0.854 bits per heavy atom. The second-order valence-electron chi connectivity index (χ2n) is 8.88. The molecule has 1 atom stereocenters. The van der Waals surface area contributed by atoms with E-state index in [1.807, 2.05) is 0 Å². The van der Waals surface area contributed by atoms with Gasteiger partial charge in [-0.3, -0.25) is 9.67 Å². The van der Waals surface area contributed by atoms with Gasteiger partial charge in [0.25, 0.3) is 0 Å². The number of pyridine rings is 1. The maximum Gasteiger partial charge on any atom is 0.335 e. The highest BCUT2D eigenvalue weighted by Crippen LogP contribution is 2.34. The van der Waals surface area contributed by atoms with Crippen LogP contribution in [-0.2, 0) is 6.42 Å². The number of halogens is 5. The SMILES string of the molecule is Fc1ccc(CC(c2ccc(-c3c(-n4cnnn4)ccc(Cl)c3F)cn2)n2cc(-c3cnnn3C(F)F)cn2)cc1. The summed E-state index contributed by atoms with van der Waals surface area (Å²) in [6.07, 6.45) is 7.36. The van der Waals surface area contributed by atoms with E-state index in [0.717, 1.165) is 5.56 Å². The maximum absolute atomic E-state index is 15.3. The second-order valence-corrected chi connectivity index (χ2v) is 9.29. The van der Waals surface area contributed by atoms with E-state index in [-0.39, 0.29) is 22.1 Å². The molecule has 0 aliphatic rings. The molecule has 0 saturated heterocycles. The monoisotopic (exact) mass is 580 g/mol. The van der Waals surface area contributed by atoms with Gasteiger partial charge in [0.15, 0.2) is 5.82 Å². The Morgan fingerprint density at radius 3 is 2.39 bits per heavy atom. The van der Waals surface area contributed by atoms with Crippen LogP contribution in [0, 0.1) is 11.6 Å². The van der Waals surface area contributed by atoms with Crippen molar-refractivity contribution in [3.63, 3.8) is 0 Å². The number of hydrogen-bond donors (Lipinski definition) is 0. The van der Waals surface area contributed by atoms with Crippen molar-refractivity contribution >= 4 is 11.6 Å². The fourth-order valence-electron chi connectivity index (χ4n) is 4.44. The zero-order chi connectivity index (χ0) is 28.5. The number of nitrogens with zero attached hydrogens (tertiary/aromatic N) is 10. The third-order valence-electron chi connectivity index (χ3n) is 6.40. The van der Waals surface area contributed by atoms with Gasteiger partial charge < -0.3 is 0 Å². The largest absolute Gasteiger partial charge is 0.335 e. The molecule has 206 valence electrons. The summed E-state index contributed by atoms with van der Waals surface area (Å²) < 4.78 is 59.0. The third-order valence-corrected chi connectivity index (χ3v) is 6.70. The van der Waals surface area contributed by atoms with Gasteiger partial charge in [0.1, 0.15) is 12.1 Å². The summed E-state index contributed by atoms with van der Waals surface area (Å²) in [5, 5.41) is 22.4. The Labute approximate surface area is 233 Å². The highest BCUT2D eigenvalue weighted by Gasteiger charge is 2.22. The highest BCUT2D eigenvalue weighted by molar-refractivity contribution is 6.31. The van der Waals surface area contributed by atoms with Crippen LogP contribution in [-0.4, -0.2) is 50.0 Å². The van der Waals surface area contributed by atoms with Gasteiger partial charge in [-0.15, -0.1) is 10.2 Å². The zero-order valence-corrected chi connectivity index (χ0v) is 21.5. The van der Waals surface area contributed by atoms with Crippen molar-refractivity contribution in [3.8, 4) is 28.1 Å². The van der Waals surface area contributed by atoms with Crippen LogP contribution in [0.2, 0.25) is 5.02 Å². The number of aromatic nitrogens is 10. The van der Waals surface area contributed by atoms with Crippen molar-refractivity contribution in [1.82, 2.24) is 50.0 Å². The fraction of sp³-hybridized carbons (Fsp3) is 0.115. The Balaban J connectivity index is 1.40. The molecule has 0 N–H and O–H groups in total.